The SMILES string of the molecule is Cc1cc(N2C[C@@H](COCc3cccc(C4CCC(F)(F)CC4)c3C(=O)O)C3(CN(C(=O)C4(C(F)(F)F)CC4)C3)C2)c2scnc2c1C. The maximum absolute atomic E-state index is 13.8. The Balaban J connectivity index is 1.12. The fourth-order valence-corrected chi connectivity index (χ4v) is 9.10. The van der Waals surface area contributed by atoms with E-state index in [1.54, 1.807) is 23.7 Å². The number of likely N-dealkylation sites (tertiary alicyclic amines) is 1. The molecule has 1 spiro atoms. The van der Waals surface area contributed by atoms with Crippen molar-refractivity contribution in [3.8, 4) is 0 Å². The van der Waals surface area contributed by atoms with E-state index in [9.17, 15) is 36.6 Å². The molecule has 258 valence electrons. The summed E-state index contributed by atoms with van der Waals surface area (Å²) in [5.41, 5.74) is 4.18. The molecule has 4 fully saturated rings. The van der Waals surface area contributed by atoms with Crippen LogP contribution in [0.25, 0.3) is 10.2 Å². The summed E-state index contributed by atoms with van der Waals surface area (Å²) in [4.78, 5) is 33.7. The van der Waals surface area contributed by atoms with Gasteiger partial charge in [0.05, 0.1) is 40.2 Å². The second-order valence-electron chi connectivity index (χ2n) is 14.4. The number of aromatic carboxylic acids is 1. The van der Waals surface area contributed by atoms with Crippen LogP contribution in [0.4, 0.5) is 27.6 Å². The van der Waals surface area contributed by atoms with Crippen LogP contribution in [0.1, 0.15) is 77.1 Å². The third-order valence-corrected chi connectivity index (χ3v) is 12.2. The van der Waals surface area contributed by atoms with Gasteiger partial charge >= 0.3 is 12.1 Å². The molecule has 1 aromatic heterocycles. The predicted molar refractivity (Wildman–Crippen MR) is 171 cm³/mol. The largest absolute Gasteiger partial charge is 0.478 e. The highest BCUT2D eigenvalue weighted by Crippen LogP contribution is 2.60. The number of alkyl halides is 5. The summed E-state index contributed by atoms with van der Waals surface area (Å²) in [6.45, 7) is 5.68. The van der Waals surface area contributed by atoms with E-state index in [0.29, 0.717) is 24.2 Å². The van der Waals surface area contributed by atoms with E-state index in [-0.39, 0.29) is 82.2 Å². The molecular weight excluding hydrogens is 653 g/mol. The van der Waals surface area contributed by atoms with Crippen LogP contribution >= 0.6 is 11.3 Å². The second kappa shape index (κ2) is 11.6. The number of amides is 1. The summed E-state index contributed by atoms with van der Waals surface area (Å²) in [5.74, 6) is -5.15. The Morgan fingerprint density at radius 3 is 2.44 bits per heavy atom. The molecule has 4 aliphatic rings. The molecule has 7 nitrogen and oxygen atoms in total. The lowest BCUT2D eigenvalue weighted by molar-refractivity contribution is -0.205. The van der Waals surface area contributed by atoms with E-state index >= 15 is 0 Å². The van der Waals surface area contributed by atoms with E-state index in [0.717, 1.165) is 27.0 Å². The lowest BCUT2D eigenvalue weighted by atomic mass is 9.71. The van der Waals surface area contributed by atoms with Gasteiger partial charge in [0.2, 0.25) is 11.8 Å². The summed E-state index contributed by atoms with van der Waals surface area (Å²) in [6.07, 6.45) is -5.10. The summed E-state index contributed by atoms with van der Waals surface area (Å²) in [6, 6.07) is 7.22. The van der Waals surface area contributed by atoms with Crippen molar-refractivity contribution in [3.05, 3.63) is 57.6 Å². The number of aryl methyl sites for hydroxylation is 2. The zero-order chi connectivity index (χ0) is 34.2. The number of fused-ring (bicyclic) bond motifs is 1. The summed E-state index contributed by atoms with van der Waals surface area (Å²) < 4.78 is 76.4. The first-order chi connectivity index (χ1) is 22.6. The molecule has 0 radical (unpaired) electrons. The molecule has 1 N–H and O–H groups in total. The number of halogens is 5. The molecule has 48 heavy (non-hydrogen) atoms. The number of rotatable bonds is 8. The topological polar surface area (TPSA) is 83.0 Å². The molecule has 1 amide bonds. The maximum atomic E-state index is 13.8. The number of benzene rings is 2. The van der Waals surface area contributed by atoms with Crippen molar-refractivity contribution < 1.29 is 41.4 Å². The van der Waals surface area contributed by atoms with Gasteiger partial charge in [-0.05, 0) is 73.8 Å². The van der Waals surface area contributed by atoms with Crippen LogP contribution in [0.5, 0.6) is 0 Å². The smallest absolute Gasteiger partial charge is 0.403 e. The van der Waals surface area contributed by atoms with Crippen molar-refractivity contribution in [2.45, 2.75) is 77.0 Å². The van der Waals surface area contributed by atoms with Crippen LogP contribution in [0.15, 0.2) is 29.8 Å². The van der Waals surface area contributed by atoms with Crippen molar-refractivity contribution in [2.75, 3.05) is 37.7 Å². The van der Waals surface area contributed by atoms with Gasteiger partial charge in [-0.1, -0.05) is 18.2 Å². The monoisotopic (exact) mass is 691 g/mol. The number of carboxylic acid groups (broad SMARTS) is 1. The molecule has 13 heteroatoms. The van der Waals surface area contributed by atoms with Crippen molar-refractivity contribution in [2.24, 2.45) is 16.7 Å². The van der Waals surface area contributed by atoms with Crippen molar-refractivity contribution in [1.29, 1.82) is 0 Å². The molecule has 2 saturated heterocycles. The number of anilines is 1. The first kappa shape index (κ1) is 33.2. The second-order valence-corrected chi connectivity index (χ2v) is 15.2. The summed E-state index contributed by atoms with van der Waals surface area (Å²) in [5, 5.41) is 10.2. The fourth-order valence-electron chi connectivity index (χ4n) is 8.21. The van der Waals surface area contributed by atoms with Crippen LogP contribution in [-0.4, -0.2) is 71.8 Å². The lowest BCUT2D eigenvalue weighted by Gasteiger charge is -2.52. The molecule has 0 unspecified atom stereocenters. The predicted octanol–water partition coefficient (Wildman–Crippen LogP) is 7.73. The molecule has 2 saturated carbocycles. The first-order valence-corrected chi connectivity index (χ1v) is 17.3. The van der Waals surface area contributed by atoms with Crippen LogP contribution in [-0.2, 0) is 16.1 Å². The van der Waals surface area contributed by atoms with Gasteiger partial charge in [-0.3, -0.25) is 4.79 Å². The van der Waals surface area contributed by atoms with Gasteiger partial charge in [-0.2, -0.15) is 13.2 Å². The van der Waals surface area contributed by atoms with Crippen molar-refractivity contribution in [1.82, 2.24) is 9.88 Å². The quantitative estimate of drug-likeness (QED) is 0.244. The molecular formula is C35H38F5N3O4S. The van der Waals surface area contributed by atoms with Crippen molar-refractivity contribution in [3.63, 3.8) is 0 Å². The number of carbonyl (C=O) groups is 2. The van der Waals surface area contributed by atoms with Crippen LogP contribution < -0.4 is 4.90 Å². The van der Waals surface area contributed by atoms with E-state index in [1.165, 1.54) is 16.2 Å². The Morgan fingerprint density at radius 2 is 1.79 bits per heavy atom. The average Bonchev–Trinajstić information content (AvgIpc) is 3.55. The molecule has 2 aromatic carbocycles. The van der Waals surface area contributed by atoms with E-state index in [2.05, 4.69) is 16.0 Å². The molecule has 2 aliphatic heterocycles. The Morgan fingerprint density at radius 1 is 1.08 bits per heavy atom. The molecule has 3 heterocycles. The Hall–Kier alpha value is -3.32. The van der Waals surface area contributed by atoms with Gasteiger partial charge in [0.25, 0.3) is 0 Å². The average molecular weight is 692 g/mol. The van der Waals surface area contributed by atoms with Crippen molar-refractivity contribution >= 4 is 39.1 Å². The Labute approximate surface area is 279 Å². The van der Waals surface area contributed by atoms with Crippen LogP contribution in [0, 0.1) is 30.6 Å². The van der Waals surface area contributed by atoms with Crippen LogP contribution in [0.2, 0.25) is 0 Å². The van der Waals surface area contributed by atoms with Gasteiger partial charge in [-0.25, -0.2) is 18.6 Å². The Kier molecular flexibility index (Phi) is 8.05. The minimum Gasteiger partial charge on any atom is -0.478 e. The van der Waals surface area contributed by atoms with Gasteiger partial charge in [-0.15, -0.1) is 11.3 Å². The standard InChI is InChI=1S/C35H38F5N3O4S/c1-20-12-26(29-28(21(20)2)41-19-48-29)42-13-24(32(16-42)17-43(18-32)31(46)33(10-11-33)35(38,39)40)15-47-14-23-4-3-5-25(27(23)30(44)45)22-6-8-34(36,37)9-7-22/h3-5,12,19,22,24H,6-11,13-18H2,1-2H3,(H,44,45)/t24-/m0/s1. The minimum atomic E-state index is -4.58. The van der Waals surface area contributed by atoms with Crippen LogP contribution in [0.3, 0.4) is 0 Å². The molecule has 1 atom stereocenters. The number of nitrogens with zero attached hydrogens (tertiary/aromatic N) is 3. The van der Waals surface area contributed by atoms with Gasteiger partial charge in [0, 0.05) is 50.4 Å². The molecule has 2 aliphatic carbocycles. The van der Waals surface area contributed by atoms with Gasteiger partial charge in [0.15, 0.2) is 0 Å². The number of ether oxygens (including phenoxy) is 1. The van der Waals surface area contributed by atoms with Gasteiger partial charge in [0.1, 0.15) is 5.41 Å². The number of carbonyl (C=O) groups excluding carboxylic acids is 1. The highest BCUT2D eigenvalue weighted by molar-refractivity contribution is 7.17. The van der Waals surface area contributed by atoms with E-state index in [4.69, 9.17) is 4.74 Å². The highest BCUT2D eigenvalue weighted by Gasteiger charge is 2.71. The number of hydrogen-bond acceptors (Lipinski definition) is 6. The fraction of sp³-hybridized carbons (Fsp3) is 0.571. The van der Waals surface area contributed by atoms with Gasteiger partial charge < -0.3 is 19.6 Å². The highest BCUT2D eigenvalue weighted by atomic mass is 32.1. The zero-order valence-corrected chi connectivity index (χ0v) is 27.7. The van der Waals surface area contributed by atoms with E-state index < -0.39 is 34.8 Å². The Bertz CT molecular complexity index is 1750. The summed E-state index contributed by atoms with van der Waals surface area (Å²) >= 11 is 1.53. The number of thiazole rings is 1. The minimum absolute atomic E-state index is 0.0203. The normalized spacial score (nSPS) is 23.1. The lowest BCUT2D eigenvalue weighted by Crippen LogP contribution is -2.65. The molecule has 7 rings (SSSR count). The third-order valence-electron chi connectivity index (χ3n) is 11.4. The first-order valence-electron chi connectivity index (χ1n) is 16.4. The maximum Gasteiger partial charge on any atom is 0.403 e. The number of aromatic nitrogens is 1. The summed E-state index contributed by atoms with van der Waals surface area (Å²) in [7, 11) is 0. The van der Waals surface area contributed by atoms with E-state index in [1.807, 2.05) is 13.8 Å². The molecule has 3 aromatic rings. The molecule has 0 bridgehead atoms. The number of carboxylic acids is 1. The third kappa shape index (κ3) is 5.54. The number of hydrogen-bond donors (Lipinski definition) is 1. The zero-order valence-electron chi connectivity index (χ0n) is 26.8.